The molecule has 1 saturated heterocycles. The average Bonchev–Trinajstić information content (AvgIpc) is 2.83. The van der Waals surface area contributed by atoms with E-state index in [0.29, 0.717) is 12.1 Å². The van der Waals surface area contributed by atoms with E-state index in [1.807, 2.05) is 32.0 Å². The first-order chi connectivity index (χ1) is 14.9. The number of hydrogen-bond donors (Lipinski definition) is 1. The highest BCUT2D eigenvalue weighted by molar-refractivity contribution is 6.27. The molecule has 1 heterocycles. The molecule has 3 rings (SSSR count). The Bertz CT molecular complexity index is 720. The lowest BCUT2D eigenvalue weighted by molar-refractivity contribution is -0.129. The number of rotatable bonds is 6. The zero-order valence-electron chi connectivity index (χ0n) is 19.0. The minimum absolute atomic E-state index is 0.000947. The second-order valence-electron chi connectivity index (χ2n) is 8.86. The number of carbonyl (C=O) groups excluding carboxylic acids is 3. The molecule has 172 valence electrons. The van der Waals surface area contributed by atoms with Crippen LogP contribution >= 0.6 is 11.6 Å². The first-order valence-corrected chi connectivity index (χ1v) is 12.2. The smallest absolute Gasteiger partial charge is 0.251 e. The third-order valence-electron chi connectivity index (χ3n) is 6.08. The molecule has 0 aromatic heterocycles. The van der Waals surface area contributed by atoms with Crippen LogP contribution in [0.2, 0.25) is 0 Å². The van der Waals surface area contributed by atoms with Crippen molar-refractivity contribution in [2.24, 2.45) is 5.92 Å². The summed E-state index contributed by atoms with van der Waals surface area (Å²) >= 11 is 5.66. The van der Waals surface area contributed by atoms with Gasteiger partial charge in [0.1, 0.15) is 5.88 Å². The maximum Gasteiger partial charge on any atom is 0.251 e. The summed E-state index contributed by atoms with van der Waals surface area (Å²) in [4.78, 5) is 37.5. The van der Waals surface area contributed by atoms with Crippen LogP contribution in [-0.4, -0.2) is 48.0 Å². The molecule has 0 spiro atoms. The van der Waals surface area contributed by atoms with Gasteiger partial charge in [-0.25, -0.2) is 0 Å². The number of piperidine rings is 1. The van der Waals surface area contributed by atoms with Crippen molar-refractivity contribution in [3.63, 3.8) is 0 Å². The highest BCUT2D eigenvalue weighted by Crippen LogP contribution is 2.27. The molecule has 1 saturated carbocycles. The monoisotopic (exact) mass is 448 g/mol. The molecule has 1 aromatic carbocycles. The van der Waals surface area contributed by atoms with Crippen LogP contribution in [0.15, 0.2) is 24.3 Å². The van der Waals surface area contributed by atoms with Crippen molar-refractivity contribution in [3.05, 3.63) is 35.4 Å². The Balaban J connectivity index is 0.000000488. The Kier molecular flexibility index (Phi) is 11.1. The van der Waals surface area contributed by atoms with Gasteiger partial charge in [-0.15, -0.1) is 11.6 Å². The molecular weight excluding hydrogens is 412 g/mol. The van der Waals surface area contributed by atoms with Gasteiger partial charge in [0.15, 0.2) is 5.78 Å². The molecule has 5 nitrogen and oxygen atoms in total. The van der Waals surface area contributed by atoms with Gasteiger partial charge in [0.2, 0.25) is 5.91 Å². The summed E-state index contributed by atoms with van der Waals surface area (Å²) in [6.07, 6.45) is 10.9. The molecule has 0 bridgehead atoms. The van der Waals surface area contributed by atoms with Gasteiger partial charge in [-0.3, -0.25) is 14.4 Å². The lowest BCUT2D eigenvalue weighted by atomic mass is 9.89. The molecule has 31 heavy (non-hydrogen) atoms. The number of amides is 2. The molecular formula is C25H37ClN2O3. The van der Waals surface area contributed by atoms with Gasteiger partial charge in [-0.05, 0) is 30.5 Å². The molecule has 2 fully saturated rings. The van der Waals surface area contributed by atoms with Crippen LogP contribution in [0.1, 0.15) is 87.1 Å². The van der Waals surface area contributed by atoms with E-state index in [9.17, 15) is 14.4 Å². The molecule has 1 unspecified atom stereocenters. The van der Waals surface area contributed by atoms with E-state index in [4.69, 9.17) is 11.6 Å². The topological polar surface area (TPSA) is 66.5 Å². The molecule has 6 heteroatoms. The fourth-order valence-corrected chi connectivity index (χ4v) is 4.20. The SMILES string of the molecule is C1CCCCC1.CC(C)C(=O)CNC(=O)c1cccc(C2CCCN(C(=O)CCl)C2)c1. The van der Waals surface area contributed by atoms with E-state index >= 15 is 0 Å². The quantitative estimate of drug-likeness (QED) is 0.627. The van der Waals surface area contributed by atoms with Gasteiger partial charge in [-0.1, -0.05) is 64.5 Å². The summed E-state index contributed by atoms with van der Waals surface area (Å²) in [7, 11) is 0. The van der Waals surface area contributed by atoms with Crippen LogP contribution < -0.4 is 5.32 Å². The van der Waals surface area contributed by atoms with Crippen molar-refractivity contribution in [1.82, 2.24) is 10.2 Å². The molecule has 1 atom stereocenters. The number of carbonyl (C=O) groups is 3. The molecule has 1 N–H and O–H groups in total. The molecule has 0 radical (unpaired) electrons. The summed E-state index contributed by atoms with van der Waals surface area (Å²) in [5.41, 5.74) is 1.57. The van der Waals surface area contributed by atoms with Gasteiger partial charge < -0.3 is 10.2 Å². The Hall–Kier alpha value is -1.88. The normalized spacial score (nSPS) is 18.7. The van der Waals surface area contributed by atoms with Crippen molar-refractivity contribution in [1.29, 1.82) is 0 Å². The van der Waals surface area contributed by atoms with E-state index in [0.717, 1.165) is 24.9 Å². The summed E-state index contributed by atoms with van der Waals surface area (Å²) in [5, 5.41) is 2.68. The molecule has 2 amide bonds. The number of nitrogens with zero attached hydrogens (tertiary/aromatic N) is 1. The Morgan fingerprint density at radius 3 is 2.29 bits per heavy atom. The number of halogens is 1. The summed E-state index contributed by atoms with van der Waals surface area (Å²) in [6.45, 7) is 5.03. The lowest BCUT2D eigenvalue weighted by Crippen LogP contribution is -2.39. The average molecular weight is 449 g/mol. The van der Waals surface area contributed by atoms with Crippen molar-refractivity contribution in [3.8, 4) is 0 Å². The first-order valence-electron chi connectivity index (χ1n) is 11.7. The van der Waals surface area contributed by atoms with Crippen LogP contribution in [-0.2, 0) is 9.59 Å². The highest BCUT2D eigenvalue weighted by atomic mass is 35.5. The zero-order valence-corrected chi connectivity index (χ0v) is 19.8. The van der Waals surface area contributed by atoms with Crippen LogP contribution in [0.5, 0.6) is 0 Å². The number of benzene rings is 1. The van der Waals surface area contributed by atoms with E-state index in [1.54, 1.807) is 11.0 Å². The van der Waals surface area contributed by atoms with Crippen LogP contribution in [0.3, 0.4) is 0 Å². The first kappa shape index (κ1) is 25.4. The third-order valence-corrected chi connectivity index (χ3v) is 6.30. The summed E-state index contributed by atoms with van der Waals surface area (Å²) in [5.74, 6) is -0.191. The molecule has 2 aliphatic rings. The minimum Gasteiger partial charge on any atom is -0.345 e. The van der Waals surface area contributed by atoms with Crippen molar-refractivity contribution in [2.75, 3.05) is 25.5 Å². The van der Waals surface area contributed by atoms with E-state index in [-0.39, 0.29) is 41.9 Å². The fourth-order valence-electron chi connectivity index (χ4n) is 4.03. The lowest BCUT2D eigenvalue weighted by Gasteiger charge is -2.32. The van der Waals surface area contributed by atoms with Crippen LogP contribution in [0, 0.1) is 5.92 Å². The van der Waals surface area contributed by atoms with Crippen LogP contribution in [0.25, 0.3) is 0 Å². The van der Waals surface area contributed by atoms with Gasteiger partial charge in [0, 0.05) is 30.5 Å². The third kappa shape index (κ3) is 8.64. The van der Waals surface area contributed by atoms with Gasteiger partial charge in [0.25, 0.3) is 5.91 Å². The number of nitrogens with one attached hydrogen (secondary N) is 1. The minimum atomic E-state index is -0.250. The summed E-state index contributed by atoms with van der Waals surface area (Å²) < 4.78 is 0. The number of ketones is 1. The second-order valence-corrected chi connectivity index (χ2v) is 9.13. The van der Waals surface area contributed by atoms with Crippen LogP contribution in [0.4, 0.5) is 0 Å². The molecule has 1 aliphatic heterocycles. The number of alkyl halides is 1. The maximum atomic E-state index is 12.3. The van der Waals surface area contributed by atoms with Crippen molar-refractivity contribution < 1.29 is 14.4 Å². The standard InChI is InChI=1S/C19H25ClN2O3.C6H12/c1-13(2)17(23)11-21-19(25)15-6-3-5-14(9-15)16-7-4-8-22(12-16)18(24)10-20;1-2-4-6-5-3-1/h3,5-6,9,13,16H,4,7-8,10-12H2,1-2H3,(H,21,25);1-6H2. The maximum absolute atomic E-state index is 12.3. The molecule has 1 aromatic rings. The molecule has 1 aliphatic carbocycles. The van der Waals surface area contributed by atoms with Crippen molar-refractivity contribution >= 4 is 29.2 Å². The second kappa shape index (κ2) is 13.5. The van der Waals surface area contributed by atoms with Gasteiger partial charge in [-0.2, -0.15) is 0 Å². The Morgan fingerprint density at radius 1 is 1.06 bits per heavy atom. The Morgan fingerprint density at radius 2 is 1.71 bits per heavy atom. The number of hydrogen-bond acceptors (Lipinski definition) is 3. The predicted molar refractivity (Wildman–Crippen MR) is 126 cm³/mol. The fraction of sp³-hybridized carbons (Fsp3) is 0.640. The van der Waals surface area contributed by atoms with E-state index < -0.39 is 0 Å². The highest BCUT2D eigenvalue weighted by Gasteiger charge is 2.24. The summed E-state index contributed by atoms with van der Waals surface area (Å²) in [6, 6.07) is 7.42. The van der Waals surface area contributed by atoms with Gasteiger partial charge in [0.05, 0.1) is 6.54 Å². The predicted octanol–water partition coefficient (Wildman–Crippen LogP) is 4.93. The van der Waals surface area contributed by atoms with E-state index in [2.05, 4.69) is 5.32 Å². The number of Topliss-reactive ketones (excluding diaryl/α,β-unsaturated/α-hetero) is 1. The van der Waals surface area contributed by atoms with E-state index in [1.165, 1.54) is 38.5 Å². The van der Waals surface area contributed by atoms with Crippen molar-refractivity contribution in [2.45, 2.75) is 71.1 Å². The Labute approximate surface area is 191 Å². The largest absolute Gasteiger partial charge is 0.345 e. The van der Waals surface area contributed by atoms with Gasteiger partial charge >= 0.3 is 0 Å². The zero-order chi connectivity index (χ0) is 22.6. The number of likely N-dealkylation sites (tertiary alicyclic amines) is 1.